The Hall–Kier alpha value is -2.28. The van der Waals surface area contributed by atoms with Crippen molar-refractivity contribution in [3.8, 4) is 5.75 Å². The molecule has 0 spiro atoms. The summed E-state index contributed by atoms with van der Waals surface area (Å²) in [6.45, 7) is -0.294. The molecule has 0 aliphatic rings. The van der Waals surface area contributed by atoms with Crippen LogP contribution in [0.15, 0.2) is 24.3 Å². The van der Waals surface area contributed by atoms with Gasteiger partial charge in [0.15, 0.2) is 6.04 Å². The van der Waals surface area contributed by atoms with Gasteiger partial charge in [0.2, 0.25) is 0 Å². The normalized spacial score (nSPS) is 11.5. The molecule has 0 saturated carbocycles. The maximum Gasteiger partial charge on any atom is 0.328 e. The van der Waals surface area contributed by atoms with Crippen molar-refractivity contribution in [2.45, 2.75) is 12.5 Å². The van der Waals surface area contributed by atoms with Crippen LogP contribution >= 0.6 is 0 Å². The Morgan fingerprint density at radius 2 is 1.95 bits per heavy atom. The number of rotatable bonds is 7. The second-order valence-electron chi connectivity index (χ2n) is 4.07. The van der Waals surface area contributed by atoms with Gasteiger partial charge in [0, 0.05) is 6.54 Å². The van der Waals surface area contributed by atoms with Gasteiger partial charge in [-0.15, -0.1) is 0 Å². The van der Waals surface area contributed by atoms with Crippen LogP contribution in [0.4, 0.5) is 4.79 Å². The minimum absolute atomic E-state index is 0.357. The van der Waals surface area contributed by atoms with E-state index in [2.05, 4.69) is 10.6 Å². The molecule has 0 aliphatic carbocycles. The second kappa shape index (κ2) is 8.00. The molecule has 0 bridgehead atoms. The summed E-state index contributed by atoms with van der Waals surface area (Å²) in [4.78, 5) is 22.0. The Morgan fingerprint density at radius 1 is 1.30 bits per heavy atom. The summed E-state index contributed by atoms with van der Waals surface area (Å²) in [6, 6.07) is 5.48. The maximum atomic E-state index is 11.4. The average Bonchev–Trinajstić information content (AvgIpc) is 2.45. The molecule has 20 heavy (non-hydrogen) atoms. The second-order valence-corrected chi connectivity index (χ2v) is 4.07. The van der Waals surface area contributed by atoms with Crippen LogP contribution in [0.3, 0.4) is 0 Å². The number of nitrogens with one attached hydrogen (secondary N) is 2. The number of carboxylic acids is 1. The number of carbonyl (C=O) groups excluding carboxylic acids is 1. The third kappa shape index (κ3) is 5.15. The van der Waals surface area contributed by atoms with Gasteiger partial charge in [-0.25, -0.2) is 9.59 Å². The van der Waals surface area contributed by atoms with Gasteiger partial charge in [-0.2, -0.15) is 0 Å². The fraction of sp³-hybridized carbons (Fsp3) is 0.385. The number of ether oxygens (including phenoxy) is 1. The van der Waals surface area contributed by atoms with Gasteiger partial charge >= 0.3 is 12.0 Å². The smallest absolute Gasteiger partial charge is 0.328 e. The number of carboxylic acid groups (broad SMARTS) is 1. The van der Waals surface area contributed by atoms with E-state index in [1.54, 1.807) is 7.11 Å². The molecule has 0 saturated heterocycles. The van der Waals surface area contributed by atoms with E-state index in [0.29, 0.717) is 13.0 Å². The monoisotopic (exact) mass is 282 g/mol. The van der Waals surface area contributed by atoms with Crippen LogP contribution in [0.1, 0.15) is 5.56 Å². The van der Waals surface area contributed by atoms with Crippen molar-refractivity contribution < 1.29 is 24.5 Å². The van der Waals surface area contributed by atoms with Crippen LogP contribution in [0.2, 0.25) is 0 Å². The number of aliphatic hydroxyl groups is 1. The number of carbonyl (C=O) groups is 2. The molecule has 1 aromatic carbocycles. The van der Waals surface area contributed by atoms with Gasteiger partial charge in [-0.05, 0) is 24.1 Å². The average molecular weight is 282 g/mol. The molecular weight excluding hydrogens is 264 g/mol. The fourth-order valence-electron chi connectivity index (χ4n) is 1.51. The molecular formula is C13H18N2O5. The first kappa shape index (κ1) is 15.8. The van der Waals surface area contributed by atoms with Gasteiger partial charge in [-0.3, -0.25) is 0 Å². The van der Waals surface area contributed by atoms with E-state index in [9.17, 15) is 9.59 Å². The molecule has 7 heteroatoms. The van der Waals surface area contributed by atoms with Gasteiger partial charge in [0.05, 0.1) is 13.7 Å². The van der Waals surface area contributed by atoms with E-state index in [1.165, 1.54) is 0 Å². The van der Waals surface area contributed by atoms with E-state index in [0.717, 1.165) is 11.3 Å². The number of hydrogen-bond acceptors (Lipinski definition) is 4. The summed E-state index contributed by atoms with van der Waals surface area (Å²) < 4.78 is 5.03. The predicted molar refractivity (Wildman–Crippen MR) is 71.7 cm³/mol. The van der Waals surface area contributed by atoms with Gasteiger partial charge < -0.3 is 25.6 Å². The zero-order valence-electron chi connectivity index (χ0n) is 11.1. The number of aliphatic hydroxyl groups excluding tert-OH is 1. The lowest BCUT2D eigenvalue weighted by Crippen LogP contribution is -2.48. The first-order valence-electron chi connectivity index (χ1n) is 6.07. The Balaban J connectivity index is 2.32. The van der Waals surface area contributed by atoms with Crippen LogP contribution in [0.25, 0.3) is 0 Å². The molecule has 4 N–H and O–H groups in total. The van der Waals surface area contributed by atoms with E-state index in [-0.39, 0.29) is 0 Å². The molecule has 0 aromatic heterocycles. The molecule has 0 aliphatic heterocycles. The van der Waals surface area contributed by atoms with E-state index < -0.39 is 24.6 Å². The van der Waals surface area contributed by atoms with Crippen LogP contribution in [-0.2, 0) is 11.2 Å². The molecule has 110 valence electrons. The summed E-state index contributed by atoms with van der Waals surface area (Å²) in [5.74, 6) is -0.524. The lowest BCUT2D eigenvalue weighted by atomic mass is 10.1. The topological polar surface area (TPSA) is 108 Å². The third-order valence-electron chi connectivity index (χ3n) is 2.64. The largest absolute Gasteiger partial charge is 0.497 e. The highest BCUT2D eigenvalue weighted by Gasteiger charge is 2.17. The van der Waals surface area contributed by atoms with E-state index in [4.69, 9.17) is 14.9 Å². The summed E-state index contributed by atoms with van der Waals surface area (Å²) in [5.41, 5.74) is 1.02. The Kier molecular flexibility index (Phi) is 6.31. The molecule has 1 rings (SSSR count). The van der Waals surface area contributed by atoms with Crippen molar-refractivity contribution >= 4 is 12.0 Å². The summed E-state index contributed by atoms with van der Waals surface area (Å²) >= 11 is 0. The van der Waals surface area contributed by atoms with Crippen molar-refractivity contribution in [1.29, 1.82) is 0 Å². The van der Waals surface area contributed by atoms with Gasteiger partial charge in [-0.1, -0.05) is 12.1 Å². The van der Waals surface area contributed by atoms with Crippen molar-refractivity contribution in [2.24, 2.45) is 0 Å². The van der Waals surface area contributed by atoms with Crippen LogP contribution in [0.5, 0.6) is 5.75 Å². The van der Waals surface area contributed by atoms with Crippen molar-refractivity contribution in [3.63, 3.8) is 0 Å². The van der Waals surface area contributed by atoms with Crippen molar-refractivity contribution in [2.75, 3.05) is 20.3 Å². The van der Waals surface area contributed by atoms with Crippen molar-refractivity contribution in [3.05, 3.63) is 29.8 Å². The van der Waals surface area contributed by atoms with Gasteiger partial charge in [0.25, 0.3) is 0 Å². The Labute approximate surface area is 116 Å². The predicted octanol–water partition coefficient (Wildman–Crippen LogP) is -0.0176. The highest BCUT2D eigenvalue weighted by atomic mass is 16.5. The molecule has 1 atom stereocenters. The van der Waals surface area contributed by atoms with Gasteiger partial charge in [0.1, 0.15) is 5.75 Å². The number of methoxy groups -OCH3 is 1. The van der Waals surface area contributed by atoms with E-state index in [1.807, 2.05) is 24.3 Å². The zero-order chi connectivity index (χ0) is 15.0. The number of hydrogen-bond donors (Lipinski definition) is 4. The standard InChI is InChI=1S/C13H18N2O5/c1-20-10-4-2-9(3-5-10)6-7-14-13(19)15-11(8-16)12(17)18/h2-5,11,16H,6-8H2,1H3,(H,17,18)(H2,14,15,19)/t11-/m1/s1. The molecule has 2 amide bonds. The molecule has 0 heterocycles. The third-order valence-corrected chi connectivity index (χ3v) is 2.64. The maximum absolute atomic E-state index is 11.4. The number of benzene rings is 1. The lowest BCUT2D eigenvalue weighted by molar-refractivity contribution is -0.140. The Bertz CT molecular complexity index is 447. The quantitative estimate of drug-likeness (QED) is 0.562. The minimum Gasteiger partial charge on any atom is -0.497 e. The highest BCUT2D eigenvalue weighted by Crippen LogP contribution is 2.11. The first-order valence-corrected chi connectivity index (χ1v) is 6.07. The molecule has 0 fully saturated rings. The van der Waals surface area contributed by atoms with Crippen LogP contribution in [-0.4, -0.2) is 48.5 Å². The summed E-state index contributed by atoms with van der Waals surface area (Å²) in [7, 11) is 1.58. The summed E-state index contributed by atoms with van der Waals surface area (Å²) in [6.07, 6.45) is 0.605. The Morgan fingerprint density at radius 3 is 2.45 bits per heavy atom. The minimum atomic E-state index is -1.30. The number of amides is 2. The summed E-state index contributed by atoms with van der Waals surface area (Å²) in [5, 5.41) is 22.1. The zero-order valence-corrected chi connectivity index (χ0v) is 11.1. The van der Waals surface area contributed by atoms with Crippen molar-refractivity contribution in [1.82, 2.24) is 10.6 Å². The molecule has 0 radical (unpaired) electrons. The lowest BCUT2D eigenvalue weighted by Gasteiger charge is -2.12. The van der Waals surface area contributed by atoms with Crippen LogP contribution in [0, 0.1) is 0 Å². The number of urea groups is 1. The van der Waals surface area contributed by atoms with E-state index >= 15 is 0 Å². The SMILES string of the molecule is COc1ccc(CCNC(=O)N[C@H](CO)C(=O)O)cc1. The first-order chi connectivity index (χ1) is 9.56. The molecule has 7 nitrogen and oxygen atoms in total. The fourth-order valence-corrected chi connectivity index (χ4v) is 1.51. The molecule has 0 unspecified atom stereocenters. The molecule has 1 aromatic rings. The number of aliphatic carboxylic acids is 1. The highest BCUT2D eigenvalue weighted by molar-refractivity contribution is 5.82. The van der Waals surface area contributed by atoms with Crippen LogP contribution < -0.4 is 15.4 Å².